The lowest BCUT2D eigenvalue weighted by atomic mass is 10.1. The Balaban J connectivity index is 2.39. The van der Waals surface area contributed by atoms with Crippen LogP contribution in [0.2, 0.25) is 0 Å². The molecule has 0 saturated carbocycles. The summed E-state index contributed by atoms with van der Waals surface area (Å²) in [5.41, 5.74) is 1.72. The van der Waals surface area contributed by atoms with Crippen molar-refractivity contribution in [3.05, 3.63) is 58.5 Å². The van der Waals surface area contributed by atoms with Crippen LogP contribution in [0.25, 0.3) is 25.9 Å². The number of aryl methyl sites for hydroxylation is 1. The van der Waals surface area contributed by atoms with Crippen molar-refractivity contribution >= 4 is 37.3 Å². The molecule has 4 aromatic rings. The van der Waals surface area contributed by atoms with Crippen LogP contribution in [0.3, 0.4) is 0 Å². The van der Waals surface area contributed by atoms with Crippen molar-refractivity contribution in [1.82, 2.24) is 9.38 Å². The molecule has 3 nitrogen and oxygen atoms in total. The SMILES string of the molecule is Cc1cc(=O)n2c(n1)sc1ccc3ccccc3c12. The van der Waals surface area contributed by atoms with E-state index in [4.69, 9.17) is 0 Å². The molecule has 2 aromatic carbocycles. The molecule has 0 aliphatic rings. The molecule has 2 aromatic heterocycles. The number of hydrogen-bond acceptors (Lipinski definition) is 3. The zero-order valence-corrected chi connectivity index (χ0v) is 11.1. The Bertz CT molecular complexity index is 997. The van der Waals surface area contributed by atoms with E-state index in [2.05, 4.69) is 29.2 Å². The smallest absolute Gasteiger partial charge is 0.259 e. The fourth-order valence-electron chi connectivity index (χ4n) is 2.49. The molecule has 4 rings (SSSR count). The molecule has 0 saturated heterocycles. The second-order valence-electron chi connectivity index (χ2n) is 4.59. The van der Waals surface area contributed by atoms with Gasteiger partial charge in [0.2, 0.25) is 0 Å². The van der Waals surface area contributed by atoms with Crippen molar-refractivity contribution in [2.45, 2.75) is 6.92 Å². The van der Waals surface area contributed by atoms with Crippen LogP contribution in [0.15, 0.2) is 47.3 Å². The van der Waals surface area contributed by atoms with E-state index in [-0.39, 0.29) is 5.56 Å². The fourth-order valence-corrected chi connectivity index (χ4v) is 3.58. The molecule has 4 heteroatoms. The molecule has 19 heavy (non-hydrogen) atoms. The van der Waals surface area contributed by atoms with Gasteiger partial charge in [-0.05, 0) is 18.4 Å². The summed E-state index contributed by atoms with van der Waals surface area (Å²) in [6, 6.07) is 13.9. The molecule has 0 amide bonds. The lowest BCUT2D eigenvalue weighted by Gasteiger charge is -2.00. The van der Waals surface area contributed by atoms with Gasteiger partial charge in [-0.3, -0.25) is 9.20 Å². The first-order chi connectivity index (χ1) is 9.24. The predicted molar refractivity (Wildman–Crippen MR) is 79.1 cm³/mol. The van der Waals surface area contributed by atoms with Gasteiger partial charge in [0.1, 0.15) is 0 Å². The summed E-state index contributed by atoms with van der Waals surface area (Å²) in [6.45, 7) is 1.85. The van der Waals surface area contributed by atoms with Crippen LogP contribution >= 0.6 is 11.3 Å². The van der Waals surface area contributed by atoms with Gasteiger partial charge < -0.3 is 0 Å². The molecule has 2 heterocycles. The van der Waals surface area contributed by atoms with Gasteiger partial charge >= 0.3 is 0 Å². The highest BCUT2D eigenvalue weighted by Gasteiger charge is 2.11. The minimum atomic E-state index is -0.00916. The number of hydrogen-bond donors (Lipinski definition) is 0. The van der Waals surface area contributed by atoms with Crippen LogP contribution in [-0.2, 0) is 0 Å². The monoisotopic (exact) mass is 266 g/mol. The van der Waals surface area contributed by atoms with Crippen LogP contribution < -0.4 is 5.56 Å². The number of nitrogens with zero attached hydrogens (tertiary/aromatic N) is 2. The van der Waals surface area contributed by atoms with E-state index in [1.165, 1.54) is 0 Å². The van der Waals surface area contributed by atoms with Crippen molar-refractivity contribution in [2.24, 2.45) is 0 Å². The maximum absolute atomic E-state index is 12.2. The third-order valence-electron chi connectivity index (χ3n) is 3.30. The van der Waals surface area contributed by atoms with E-state index in [0.717, 1.165) is 31.6 Å². The number of fused-ring (bicyclic) bond motifs is 5. The van der Waals surface area contributed by atoms with Crippen LogP contribution in [0.4, 0.5) is 0 Å². The zero-order valence-electron chi connectivity index (χ0n) is 10.3. The Morgan fingerprint density at radius 3 is 2.89 bits per heavy atom. The molecule has 0 aliphatic carbocycles. The lowest BCUT2D eigenvalue weighted by Crippen LogP contribution is -2.12. The Morgan fingerprint density at radius 2 is 2.00 bits per heavy atom. The van der Waals surface area contributed by atoms with E-state index < -0.39 is 0 Å². The van der Waals surface area contributed by atoms with E-state index in [0.29, 0.717) is 0 Å². The van der Waals surface area contributed by atoms with Crippen molar-refractivity contribution in [3.63, 3.8) is 0 Å². The number of aromatic nitrogens is 2. The highest BCUT2D eigenvalue weighted by Crippen LogP contribution is 2.30. The molecule has 0 atom stereocenters. The number of rotatable bonds is 0. The van der Waals surface area contributed by atoms with Crippen LogP contribution in [0.1, 0.15) is 5.69 Å². The minimum absolute atomic E-state index is 0.00916. The summed E-state index contributed by atoms with van der Waals surface area (Å²) >= 11 is 1.56. The zero-order chi connectivity index (χ0) is 13.0. The highest BCUT2D eigenvalue weighted by molar-refractivity contribution is 7.23. The second kappa shape index (κ2) is 3.65. The van der Waals surface area contributed by atoms with Gasteiger partial charge in [-0.2, -0.15) is 0 Å². The summed E-state index contributed by atoms with van der Waals surface area (Å²) in [5.74, 6) is 0. The minimum Gasteiger partial charge on any atom is -0.269 e. The average molecular weight is 266 g/mol. The highest BCUT2D eigenvalue weighted by atomic mass is 32.1. The van der Waals surface area contributed by atoms with Gasteiger partial charge in [-0.1, -0.05) is 41.7 Å². The van der Waals surface area contributed by atoms with Gasteiger partial charge in [-0.25, -0.2) is 4.98 Å². The molecule has 0 aliphatic heterocycles. The first-order valence-corrected chi connectivity index (χ1v) is 6.86. The van der Waals surface area contributed by atoms with Gasteiger partial charge in [0.25, 0.3) is 5.56 Å². The summed E-state index contributed by atoms with van der Waals surface area (Å²) in [4.78, 5) is 17.5. The largest absolute Gasteiger partial charge is 0.269 e. The first kappa shape index (κ1) is 10.7. The van der Waals surface area contributed by atoms with Crippen LogP contribution in [0, 0.1) is 6.92 Å². The van der Waals surface area contributed by atoms with Crippen molar-refractivity contribution in [1.29, 1.82) is 0 Å². The summed E-state index contributed by atoms with van der Waals surface area (Å²) in [5, 5.41) is 2.24. The normalized spacial score (nSPS) is 11.6. The van der Waals surface area contributed by atoms with Crippen molar-refractivity contribution in [2.75, 3.05) is 0 Å². The maximum atomic E-state index is 12.2. The predicted octanol–water partition coefficient (Wildman–Crippen LogP) is 3.37. The molecule has 0 N–H and O–H groups in total. The summed E-state index contributed by atoms with van der Waals surface area (Å²) in [6.07, 6.45) is 0. The summed E-state index contributed by atoms with van der Waals surface area (Å²) < 4.78 is 2.81. The van der Waals surface area contributed by atoms with E-state index in [1.807, 2.05) is 19.1 Å². The topological polar surface area (TPSA) is 34.4 Å². The summed E-state index contributed by atoms with van der Waals surface area (Å²) in [7, 11) is 0. The Morgan fingerprint density at radius 1 is 1.16 bits per heavy atom. The Labute approximate surface area is 112 Å². The second-order valence-corrected chi connectivity index (χ2v) is 5.60. The van der Waals surface area contributed by atoms with Crippen molar-refractivity contribution < 1.29 is 0 Å². The van der Waals surface area contributed by atoms with Gasteiger partial charge in [0.05, 0.1) is 10.2 Å². The number of benzene rings is 2. The first-order valence-electron chi connectivity index (χ1n) is 6.05. The van der Waals surface area contributed by atoms with Crippen LogP contribution in [0.5, 0.6) is 0 Å². The third-order valence-corrected chi connectivity index (χ3v) is 4.31. The third kappa shape index (κ3) is 1.43. The fraction of sp³-hybridized carbons (Fsp3) is 0.0667. The quantitative estimate of drug-likeness (QED) is 0.489. The van der Waals surface area contributed by atoms with Gasteiger partial charge in [0, 0.05) is 17.1 Å². The molecule has 0 bridgehead atoms. The molecule has 0 unspecified atom stereocenters. The van der Waals surface area contributed by atoms with E-state index in [1.54, 1.807) is 21.8 Å². The van der Waals surface area contributed by atoms with Gasteiger partial charge in [0.15, 0.2) is 4.96 Å². The molecular formula is C15H10N2OS. The molecule has 0 radical (unpaired) electrons. The molecule has 92 valence electrons. The Kier molecular flexibility index (Phi) is 2.05. The number of thiazole rings is 1. The van der Waals surface area contributed by atoms with E-state index >= 15 is 0 Å². The molecular weight excluding hydrogens is 256 g/mol. The maximum Gasteiger partial charge on any atom is 0.259 e. The average Bonchev–Trinajstić information content (AvgIpc) is 2.77. The standard InChI is InChI=1S/C15H10N2OS/c1-9-8-13(18)17-14-11-5-3-2-4-10(11)6-7-12(14)19-15(17)16-9/h2-8H,1H3. The Hall–Kier alpha value is -2.20. The molecule has 0 spiro atoms. The van der Waals surface area contributed by atoms with Crippen molar-refractivity contribution in [3.8, 4) is 0 Å². The lowest BCUT2D eigenvalue weighted by molar-refractivity contribution is 1.08. The van der Waals surface area contributed by atoms with Gasteiger partial charge in [-0.15, -0.1) is 0 Å². The van der Waals surface area contributed by atoms with E-state index in [9.17, 15) is 4.79 Å². The molecule has 0 fully saturated rings. The van der Waals surface area contributed by atoms with Crippen LogP contribution in [-0.4, -0.2) is 9.38 Å².